The van der Waals surface area contributed by atoms with E-state index in [0.29, 0.717) is 30.3 Å². The lowest BCUT2D eigenvalue weighted by Gasteiger charge is -2.27. The molecule has 3 aromatic carbocycles. The fraction of sp³-hybridized carbons (Fsp3) is 0.208. The summed E-state index contributed by atoms with van der Waals surface area (Å²) in [5.74, 6) is 0.461. The van der Waals surface area contributed by atoms with E-state index < -0.39 is 15.9 Å². The van der Waals surface area contributed by atoms with Gasteiger partial charge in [-0.15, -0.1) is 0 Å². The Morgan fingerprint density at radius 1 is 0.903 bits per heavy atom. The van der Waals surface area contributed by atoms with Gasteiger partial charge < -0.3 is 10.1 Å². The number of benzene rings is 3. The predicted molar refractivity (Wildman–Crippen MR) is 120 cm³/mol. The second-order valence-corrected chi connectivity index (χ2v) is 9.16. The topological polar surface area (TPSA) is 75.7 Å². The number of para-hydroxylation sites is 2. The van der Waals surface area contributed by atoms with Crippen molar-refractivity contribution in [3.63, 3.8) is 0 Å². The number of carbonyl (C=O) groups is 1. The molecule has 1 aliphatic heterocycles. The monoisotopic (exact) mass is 436 g/mol. The number of nitrogens with zero attached hydrogens (tertiary/aromatic N) is 1. The van der Waals surface area contributed by atoms with E-state index in [0.717, 1.165) is 11.1 Å². The number of amides is 1. The van der Waals surface area contributed by atoms with Gasteiger partial charge in [0.05, 0.1) is 10.8 Å². The first kappa shape index (κ1) is 21.1. The van der Waals surface area contributed by atoms with Crippen molar-refractivity contribution in [1.29, 1.82) is 0 Å². The molecule has 3 aromatic rings. The highest BCUT2D eigenvalue weighted by Crippen LogP contribution is 2.44. The number of hydrogen-bond acceptors (Lipinski definition) is 4. The maximum absolute atomic E-state index is 13.4. The van der Waals surface area contributed by atoms with Crippen LogP contribution in [0.5, 0.6) is 11.5 Å². The van der Waals surface area contributed by atoms with Crippen LogP contribution < -0.4 is 10.1 Å². The highest BCUT2D eigenvalue weighted by Gasteiger charge is 2.32. The highest BCUT2D eigenvalue weighted by molar-refractivity contribution is 7.89. The number of fused-ring (bicyclic) bond motifs is 2. The Balaban J connectivity index is 1.67. The molecule has 4 rings (SSSR count). The SMILES string of the molecule is CCN(CC)S(=O)(=O)c1cccc(NC(=O)C2c3ccccc3Oc3ccccc32)c1. The standard InChI is InChI=1S/C24H24N2O4S/c1-3-26(4-2)31(28,29)18-11-9-10-17(16-18)25-24(27)23-19-12-5-7-14-21(19)30-22-15-8-6-13-20(22)23/h5-16,23H,3-4H2,1-2H3,(H,25,27). The van der Waals surface area contributed by atoms with E-state index in [9.17, 15) is 13.2 Å². The lowest BCUT2D eigenvalue weighted by molar-refractivity contribution is -0.116. The average Bonchev–Trinajstić information content (AvgIpc) is 2.78. The molecular formula is C24H24N2O4S. The molecule has 0 bridgehead atoms. The third kappa shape index (κ3) is 3.94. The lowest BCUT2D eigenvalue weighted by Crippen LogP contribution is -2.30. The molecule has 0 aliphatic carbocycles. The number of nitrogens with one attached hydrogen (secondary N) is 1. The quantitative estimate of drug-likeness (QED) is 0.613. The van der Waals surface area contributed by atoms with Crippen molar-refractivity contribution < 1.29 is 17.9 Å². The van der Waals surface area contributed by atoms with E-state index in [1.807, 2.05) is 48.5 Å². The van der Waals surface area contributed by atoms with Gasteiger partial charge in [-0.3, -0.25) is 4.79 Å². The van der Waals surface area contributed by atoms with Gasteiger partial charge in [-0.1, -0.05) is 56.3 Å². The molecule has 0 radical (unpaired) electrons. The normalized spacial score (nSPS) is 13.3. The first-order valence-electron chi connectivity index (χ1n) is 10.2. The van der Waals surface area contributed by atoms with Crippen molar-refractivity contribution in [2.75, 3.05) is 18.4 Å². The third-order valence-corrected chi connectivity index (χ3v) is 7.43. The van der Waals surface area contributed by atoms with E-state index in [4.69, 9.17) is 4.74 Å². The molecular weight excluding hydrogens is 412 g/mol. The maximum Gasteiger partial charge on any atom is 0.243 e. The summed E-state index contributed by atoms with van der Waals surface area (Å²) in [5, 5.41) is 2.90. The van der Waals surface area contributed by atoms with Crippen LogP contribution in [-0.2, 0) is 14.8 Å². The van der Waals surface area contributed by atoms with Crippen molar-refractivity contribution in [2.24, 2.45) is 0 Å². The molecule has 0 fully saturated rings. The van der Waals surface area contributed by atoms with Crippen molar-refractivity contribution in [2.45, 2.75) is 24.7 Å². The first-order valence-corrected chi connectivity index (χ1v) is 11.7. The summed E-state index contributed by atoms with van der Waals surface area (Å²) in [5.41, 5.74) is 1.97. The van der Waals surface area contributed by atoms with Gasteiger partial charge in [-0.2, -0.15) is 4.31 Å². The van der Waals surface area contributed by atoms with Gasteiger partial charge in [0.1, 0.15) is 11.5 Å². The largest absolute Gasteiger partial charge is 0.457 e. The van der Waals surface area contributed by atoms with Crippen LogP contribution in [0.25, 0.3) is 0 Å². The molecule has 0 atom stereocenters. The van der Waals surface area contributed by atoms with E-state index in [1.165, 1.54) is 10.4 Å². The minimum absolute atomic E-state index is 0.154. The summed E-state index contributed by atoms with van der Waals surface area (Å²) in [4.78, 5) is 13.5. The summed E-state index contributed by atoms with van der Waals surface area (Å²) in [6.07, 6.45) is 0. The molecule has 7 heteroatoms. The lowest BCUT2D eigenvalue weighted by atomic mass is 9.87. The summed E-state index contributed by atoms with van der Waals surface area (Å²) in [6.45, 7) is 4.36. The molecule has 1 N–H and O–H groups in total. The number of anilines is 1. The van der Waals surface area contributed by atoms with Gasteiger partial charge >= 0.3 is 0 Å². The zero-order valence-corrected chi connectivity index (χ0v) is 18.2. The molecule has 0 spiro atoms. The summed E-state index contributed by atoms with van der Waals surface area (Å²) >= 11 is 0. The molecule has 0 unspecified atom stereocenters. The molecule has 160 valence electrons. The fourth-order valence-corrected chi connectivity index (χ4v) is 5.36. The van der Waals surface area contributed by atoms with Gasteiger partial charge in [-0.25, -0.2) is 8.42 Å². The van der Waals surface area contributed by atoms with Gasteiger partial charge in [0.25, 0.3) is 0 Å². The molecule has 0 saturated carbocycles. The minimum atomic E-state index is -3.62. The Hall–Kier alpha value is -3.16. The molecule has 6 nitrogen and oxygen atoms in total. The molecule has 0 aromatic heterocycles. The van der Waals surface area contributed by atoms with Gasteiger partial charge in [0, 0.05) is 29.9 Å². The Morgan fingerprint density at radius 3 is 2.06 bits per heavy atom. The van der Waals surface area contributed by atoms with E-state index in [-0.39, 0.29) is 10.8 Å². The van der Waals surface area contributed by atoms with Crippen LogP contribution in [-0.4, -0.2) is 31.7 Å². The van der Waals surface area contributed by atoms with Crippen LogP contribution in [0.15, 0.2) is 77.7 Å². The Kier molecular flexibility index (Phi) is 5.80. The van der Waals surface area contributed by atoms with E-state index in [1.54, 1.807) is 32.0 Å². The average molecular weight is 437 g/mol. The van der Waals surface area contributed by atoms with Gasteiger partial charge in [0.2, 0.25) is 15.9 Å². The van der Waals surface area contributed by atoms with Crippen molar-refractivity contribution >= 4 is 21.6 Å². The second-order valence-electron chi connectivity index (χ2n) is 7.22. The highest BCUT2D eigenvalue weighted by atomic mass is 32.2. The second kappa shape index (κ2) is 8.53. The van der Waals surface area contributed by atoms with Gasteiger partial charge in [-0.05, 0) is 30.3 Å². The predicted octanol–water partition coefficient (Wildman–Crippen LogP) is 4.59. The van der Waals surface area contributed by atoms with E-state index in [2.05, 4.69) is 5.32 Å². The summed E-state index contributed by atoms with van der Waals surface area (Å²) in [6, 6.07) is 21.3. The summed E-state index contributed by atoms with van der Waals surface area (Å²) in [7, 11) is -3.62. The zero-order valence-electron chi connectivity index (χ0n) is 17.4. The van der Waals surface area contributed by atoms with Crippen LogP contribution in [0.1, 0.15) is 30.9 Å². The smallest absolute Gasteiger partial charge is 0.243 e. The number of ether oxygens (including phenoxy) is 1. The van der Waals surface area contributed by atoms with Crippen LogP contribution >= 0.6 is 0 Å². The van der Waals surface area contributed by atoms with Crippen molar-refractivity contribution in [3.8, 4) is 11.5 Å². The fourth-order valence-electron chi connectivity index (χ4n) is 3.85. The Labute approximate surface area is 182 Å². The molecule has 1 amide bonds. The first-order chi connectivity index (χ1) is 15.0. The maximum atomic E-state index is 13.4. The Morgan fingerprint density at radius 2 is 1.48 bits per heavy atom. The molecule has 1 heterocycles. The molecule has 1 aliphatic rings. The number of carbonyl (C=O) groups excluding carboxylic acids is 1. The van der Waals surface area contributed by atoms with Crippen LogP contribution in [0.4, 0.5) is 5.69 Å². The van der Waals surface area contributed by atoms with Crippen LogP contribution in [0, 0.1) is 0 Å². The van der Waals surface area contributed by atoms with Crippen molar-refractivity contribution in [3.05, 3.63) is 83.9 Å². The van der Waals surface area contributed by atoms with Crippen molar-refractivity contribution in [1.82, 2.24) is 4.31 Å². The third-order valence-electron chi connectivity index (χ3n) is 5.39. The number of rotatable bonds is 6. The van der Waals surface area contributed by atoms with E-state index >= 15 is 0 Å². The zero-order chi connectivity index (χ0) is 22.0. The summed E-state index contributed by atoms with van der Waals surface area (Å²) < 4.78 is 33.1. The van der Waals surface area contributed by atoms with Gasteiger partial charge in [0.15, 0.2) is 0 Å². The van der Waals surface area contributed by atoms with Crippen LogP contribution in [0.2, 0.25) is 0 Å². The minimum Gasteiger partial charge on any atom is -0.457 e. The molecule has 31 heavy (non-hydrogen) atoms. The van der Waals surface area contributed by atoms with Crippen LogP contribution in [0.3, 0.4) is 0 Å². The Bertz CT molecular complexity index is 1170. The number of hydrogen-bond donors (Lipinski definition) is 1. The number of sulfonamides is 1. The molecule has 0 saturated heterocycles.